The van der Waals surface area contributed by atoms with Gasteiger partial charge in [0.05, 0.1) is 18.5 Å². The minimum Gasteiger partial charge on any atom is -0.450 e. The van der Waals surface area contributed by atoms with Crippen LogP contribution in [0.5, 0.6) is 0 Å². The molecule has 0 unspecified atom stereocenters. The molecule has 190 valence electrons. The van der Waals surface area contributed by atoms with Crippen molar-refractivity contribution < 1.29 is 31.9 Å². The lowest BCUT2D eigenvalue weighted by Crippen LogP contribution is -2.35. The zero-order valence-electron chi connectivity index (χ0n) is 19.4. The van der Waals surface area contributed by atoms with Crippen molar-refractivity contribution in [1.82, 2.24) is 14.9 Å². The highest BCUT2D eigenvalue weighted by Crippen LogP contribution is 2.35. The largest absolute Gasteiger partial charge is 0.452 e. The lowest BCUT2D eigenvalue weighted by Gasteiger charge is -2.22. The second-order valence-electron chi connectivity index (χ2n) is 7.95. The highest BCUT2D eigenvalue weighted by atomic mass is 19.4. The molecule has 4 rings (SSSR count). The summed E-state index contributed by atoms with van der Waals surface area (Å²) in [5.41, 5.74) is -0.354. The van der Waals surface area contributed by atoms with Crippen LogP contribution < -0.4 is 10.2 Å². The van der Waals surface area contributed by atoms with Crippen molar-refractivity contribution in [1.29, 1.82) is 0 Å². The predicted molar refractivity (Wildman–Crippen MR) is 125 cm³/mol. The normalized spacial score (nSPS) is 14.3. The van der Waals surface area contributed by atoms with Crippen LogP contribution in [-0.2, 0) is 10.9 Å². The molecule has 9 nitrogen and oxygen atoms in total. The maximum Gasteiger partial charge on any atom is 0.452 e. The van der Waals surface area contributed by atoms with Gasteiger partial charge in [-0.25, -0.2) is 14.8 Å². The third-order valence-electron chi connectivity index (χ3n) is 5.47. The molecule has 3 heterocycles. The van der Waals surface area contributed by atoms with Crippen molar-refractivity contribution in [3.05, 3.63) is 60.1 Å². The van der Waals surface area contributed by atoms with Gasteiger partial charge in [-0.3, -0.25) is 4.79 Å². The number of rotatable bonds is 5. The van der Waals surface area contributed by atoms with Crippen LogP contribution in [0.2, 0.25) is 0 Å². The molecule has 0 saturated carbocycles. The molecule has 0 atom stereocenters. The minimum atomic E-state index is -4.90. The van der Waals surface area contributed by atoms with Gasteiger partial charge in [-0.05, 0) is 37.6 Å². The van der Waals surface area contributed by atoms with Gasteiger partial charge in [-0.15, -0.1) is 0 Å². The van der Waals surface area contributed by atoms with Crippen LogP contribution in [0.1, 0.15) is 29.6 Å². The molecule has 3 aromatic rings. The fraction of sp³-hybridized carbons (Fsp3) is 0.333. The highest BCUT2D eigenvalue weighted by molar-refractivity contribution is 6.04. The molecule has 0 aliphatic carbocycles. The topological polar surface area (TPSA) is 101 Å². The predicted octanol–water partition coefficient (Wildman–Crippen LogP) is 4.68. The number of amides is 2. The number of carbonyl (C=O) groups excluding carboxylic acids is 2. The Morgan fingerprint density at radius 1 is 1.08 bits per heavy atom. The third-order valence-corrected chi connectivity index (χ3v) is 5.47. The minimum absolute atomic E-state index is 0.198. The number of aromatic nitrogens is 2. The van der Waals surface area contributed by atoms with E-state index in [1.807, 2.05) is 4.90 Å². The van der Waals surface area contributed by atoms with Gasteiger partial charge in [0, 0.05) is 31.7 Å². The highest BCUT2D eigenvalue weighted by Gasteiger charge is 2.42. The first kappa shape index (κ1) is 25.0. The molecule has 1 aromatic carbocycles. The van der Waals surface area contributed by atoms with Crippen LogP contribution in [0.25, 0.3) is 11.5 Å². The number of nitrogens with zero attached hydrogens (tertiary/aromatic N) is 4. The molecule has 2 amide bonds. The van der Waals surface area contributed by atoms with E-state index in [2.05, 4.69) is 15.3 Å². The molecule has 1 saturated heterocycles. The molecule has 36 heavy (non-hydrogen) atoms. The number of oxazole rings is 1. The quantitative estimate of drug-likeness (QED) is 0.540. The standard InChI is InChI=1S/C24H24F3N5O4/c1-2-35-23(34)32-12-6-11-31(13-14-32)18-10-9-17(15-28-18)29-21(33)19-20(24(25,26)27)36-22(30-19)16-7-4-3-5-8-16/h3-5,7-10,15H,2,6,11-14H2,1H3,(H,29,33). The monoisotopic (exact) mass is 503 g/mol. The number of benzene rings is 1. The zero-order chi connectivity index (χ0) is 25.7. The van der Waals surface area contributed by atoms with Gasteiger partial charge >= 0.3 is 12.3 Å². The average Bonchev–Trinajstić information content (AvgIpc) is 3.19. The second-order valence-corrected chi connectivity index (χ2v) is 7.95. The molecule has 1 N–H and O–H groups in total. The van der Waals surface area contributed by atoms with Gasteiger partial charge in [-0.2, -0.15) is 13.2 Å². The Kier molecular flexibility index (Phi) is 7.41. The smallest absolute Gasteiger partial charge is 0.450 e. The average molecular weight is 503 g/mol. The van der Waals surface area contributed by atoms with Gasteiger partial charge in [0.2, 0.25) is 11.7 Å². The second kappa shape index (κ2) is 10.7. The van der Waals surface area contributed by atoms with Crippen LogP contribution in [0.15, 0.2) is 53.1 Å². The van der Waals surface area contributed by atoms with E-state index in [9.17, 15) is 22.8 Å². The van der Waals surface area contributed by atoms with Gasteiger partial charge in [0.15, 0.2) is 5.69 Å². The summed E-state index contributed by atoms with van der Waals surface area (Å²) >= 11 is 0. The summed E-state index contributed by atoms with van der Waals surface area (Å²) in [6.07, 6.45) is -3.19. The number of hydrogen-bond acceptors (Lipinski definition) is 7. The fourth-order valence-electron chi connectivity index (χ4n) is 3.75. The van der Waals surface area contributed by atoms with E-state index in [-0.39, 0.29) is 17.7 Å². The van der Waals surface area contributed by atoms with Crippen molar-refractivity contribution in [3.8, 4) is 11.5 Å². The fourth-order valence-corrected chi connectivity index (χ4v) is 3.75. The molecule has 1 fully saturated rings. The number of hydrogen-bond donors (Lipinski definition) is 1. The van der Waals surface area contributed by atoms with Gasteiger partial charge < -0.3 is 24.3 Å². The molecule has 1 aliphatic rings. The maximum atomic E-state index is 13.5. The number of nitrogens with one attached hydrogen (secondary N) is 1. The van der Waals surface area contributed by atoms with E-state index >= 15 is 0 Å². The van der Waals surface area contributed by atoms with Crippen molar-refractivity contribution in [2.75, 3.05) is 43.0 Å². The van der Waals surface area contributed by atoms with Gasteiger partial charge in [0.25, 0.3) is 5.91 Å². The number of carbonyl (C=O) groups is 2. The van der Waals surface area contributed by atoms with Crippen LogP contribution in [0.3, 0.4) is 0 Å². The Balaban J connectivity index is 1.46. The molecule has 12 heteroatoms. The molecule has 0 bridgehead atoms. The molecule has 0 radical (unpaired) electrons. The summed E-state index contributed by atoms with van der Waals surface area (Å²) in [5, 5.41) is 2.40. The van der Waals surface area contributed by atoms with Crippen molar-refractivity contribution in [2.45, 2.75) is 19.5 Å². The SMILES string of the molecule is CCOC(=O)N1CCCN(c2ccc(NC(=O)c3nc(-c4ccccc4)oc3C(F)(F)F)cn2)CC1. The first-order valence-electron chi connectivity index (χ1n) is 11.3. The molecule has 1 aliphatic heterocycles. The van der Waals surface area contributed by atoms with E-state index in [0.717, 1.165) is 6.42 Å². The third kappa shape index (κ3) is 5.75. The lowest BCUT2D eigenvalue weighted by molar-refractivity contribution is -0.153. The van der Waals surface area contributed by atoms with Crippen molar-refractivity contribution in [2.24, 2.45) is 0 Å². The van der Waals surface area contributed by atoms with E-state index in [0.29, 0.717) is 44.2 Å². The number of pyridine rings is 1. The summed E-state index contributed by atoms with van der Waals surface area (Å²) in [4.78, 5) is 36.4. The number of halogens is 3. The molecule has 0 spiro atoms. The summed E-state index contributed by atoms with van der Waals surface area (Å²) in [6, 6.07) is 11.2. The van der Waals surface area contributed by atoms with E-state index in [1.165, 1.54) is 18.3 Å². The van der Waals surface area contributed by atoms with Crippen molar-refractivity contribution >= 4 is 23.5 Å². The van der Waals surface area contributed by atoms with E-state index in [4.69, 9.17) is 9.15 Å². The summed E-state index contributed by atoms with van der Waals surface area (Å²) in [6.45, 7) is 4.28. The Hall–Kier alpha value is -4.09. The lowest BCUT2D eigenvalue weighted by atomic mass is 10.2. The van der Waals surface area contributed by atoms with Crippen molar-refractivity contribution in [3.63, 3.8) is 0 Å². The number of ether oxygens (including phenoxy) is 1. The molecular weight excluding hydrogens is 479 g/mol. The summed E-state index contributed by atoms with van der Waals surface area (Å²) < 4.78 is 50.5. The maximum absolute atomic E-state index is 13.5. The molecule has 2 aromatic heterocycles. The van der Waals surface area contributed by atoms with E-state index < -0.39 is 23.5 Å². The Morgan fingerprint density at radius 2 is 1.86 bits per heavy atom. The molecular formula is C24H24F3N5O4. The summed E-state index contributed by atoms with van der Waals surface area (Å²) in [7, 11) is 0. The zero-order valence-corrected chi connectivity index (χ0v) is 19.4. The number of alkyl halides is 3. The van der Waals surface area contributed by atoms with Gasteiger partial charge in [-0.1, -0.05) is 18.2 Å². The number of anilines is 2. The Bertz CT molecular complexity index is 1200. The van der Waals surface area contributed by atoms with Crippen LogP contribution in [0.4, 0.5) is 29.5 Å². The van der Waals surface area contributed by atoms with Crippen LogP contribution in [0, 0.1) is 0 Å². The first-order valence-corrected chi connectivity index (χ1v) is 11.3. The Labute approximate surface area is 204 Å². The van der Waals surface area contributed by atoms with E-state index in [1.54, 1.807) is 42.2 Å². The first-order chi connectivity index (χ1) is 17.3. The summed E-state index contributed by atoms with van der Waals surface area (Å²) in [5.74, 6) is -2.23. The van der Waals surface area contributed by atoms with Gasteiger partial charge in [0.1, 0.15) is 5.82 Å². The van der Waals surface area contributed by atoms with Crippen LogP contribution in [-0.4, -0.2) is 59.7 Å². The van der Waals surface area contributed by atoms with Crippen LogP contribution >= 0.6 is 0 Å². The Morgan fingerprint density at radius 3 is 2.53 bits per heavy atom.